The van der Waals surface area contributed by atoms with E-state index in [1.807, 2.05) is 24.3 Å². The number of methoxy groups -OCH3 is 1. The molecule has 0 saturated carbocycles. The Balaban J connectivity index is 2.89. The van der Waals surface area contributed by atoms with Crippen LogP contribution in [0.15, 0.2) is 35.3 Å². The molecule has 0 spiro atoms. The van der Waals surface area contributed by atoms with Crippen LogP contribution in [-0.4, -0.2) is 13.7 Å². The summed E-state index contributed by atoms with van der Waals surface area (Å²) in [5.74, 6) is 0. The van der Waals surface area contributed by atoms with Crippen LogP contribution in [0, 0.1) is 0 Å². The van der Waals surface area contributed by atoms with Gasteiger partial charge in [-0.05, 0) is 12.1 Å². The SMILES string of the molecule is C=CCNc1cccc(Br)c1COC. The summed E-state index contributed by atoms with van der Waals surface area (Å²) in [7, 11) is 1.69. The molecule has 0 aliphatic carbocycles. The minimum atomic E-state index is 0.598. The highest BCUT2D eigenvalue weighted by Crippen LogP contribution is 2.25. The average molecular weight is 256 g/mol. The molecule has 1 rings (SSSR count). The number of benzene rings is 1. The lowest BCUT2D eigenvalue weighted by Gasteiger charge is -2.11. The van der Waals surface area contributed by atoms with E-state index in [-0.39, 0.29) is 0 Å². The summed E-state index contributed by atoms with van der Waals surface area (Å²) in [5, 5.41) is 3.26. The second-order valence-corrected chi connectivity index (χ2v) is 3.72. The van der Waals surface area contributed by atoms with Crippen molar-refractivity contribution >= 4 is 21.6 Å². The Morgan fingerprint density at radius 2 is 2.36 bits per heavy atom. The summed E-state index contributed by atoms with van der Waals surface area (Å²) < 4.78 is 6.20. The van der Waals surface area contributed by atoms with Crippen molar-refractivity contribution < 1.29 is 4.74 Å². The summed E-state index contributed by atoms with van der Waals surface area (Å²) in [6, 6.07) is 6.03. The first-order chi connectivity index (χ1) is 6.79. The Labute approximate surface area is 93.1 Å². The molecule has 0 aromatic heterocycles. The lowest BCUT2D eigenvalue weighted by molar-refractivity contribution is 0.185. The zero-order valence-corrected chi connectivity index (χ0v) is 9.80. The monoisotopic (exact) mass is 255 g/mol. The lowest BCUT2D eigenvalue weighted by atomic mass is 10.2. The van der Waals surface area contributed by atoms with Crippen molar-refractivity contribution in [1.29, 1.82) is 0 Å². The highest BCUT2D eigenvalue weighted by atomic mass is 79.9. The van der Waals surface area contributed by atoms with Crippen molar-refractivity contribution in [3.8, 4) is 0 Å². The molecule has 0 amide bonds. The fraction of sp³-hybridized carbons (Fsp3) is 0.273. The summed E-state index contributed by atoms with van der Waals surface area (Å²) in [4.78, 5) is 0. The van der Waals surface area contributed by atoms with E-state index in [9.17, 15) is 0 Å². The van der Waals surface area contributed by atoms with Gasteiger partial charge in [0.15, 0.2) is 0 Å². The molecule has 1 N–H and O–H groups in total. The van der Waals surface area contributed by atoms with Crippen molar-refractivity contribution in [2.24, 2.45) is 0 Å². The molecule has 2 nitrogen and oxygen atoms in total. The van der Waals surface area contributed by atoms with Crippen molar-refractivity contribution in [2.75, 3.05) is 19.0 Å². The fourth-order valence-electron chi connectivity index (χ4n) is 1.20. The first kappa shape index (κ1) is 11.3. The van der Waals surface area contributed by atoms with Crippen LogP contribution in [0.25, 0.3) is 0 Å². The third-order valence-electron chi connectivity index (χ3n) is 1.84. The largest absolute Gasteiger partial charge is 0.381 e. The van der Waals surface area contributed by atoms with Crippen LogP contribution >= 0.6 is 15.9 Å². The number of hydrogen-bond acceptors (Lipinski definition) is 2. The van der Waals surface area contributed by atoms with Crippen molar-refractivity contribution in [1.82, 2.24) is 0 Å². The van der Waals surface area contributed by atoms with Crippen LogP contribution in [-0.2, 0) is 11.3 Å². The van der Waals surface area contributed by atoms with E-state index in [1.54, 1.807) is 7.11 Å². The Hall–Kier alpha value is -0.800. The van der Waals surface area contributed by atoms with Gasteiger partial charge in [0, 0.05) is 29.4 Å². The Bertz CT molecular complexity index is 312. The van der Waals surface area contributed by atoms with Crippen LogP contribution in [0.5, 0.6) is 0 Å². The van der Waals surface area contributed by atoms with E-state index in [0.717, 1.165) is 22.3 Å². The van der Waals surface area contributed by atoms with Crippen LogP contribution in [0.3, 0.4) is 0 Å². The van der Waals surface area contributed by atoms with E-state index >= 15 is 0 Å². The zero-order chi connectivity index (χ0) is 10.4. The highest BCUT2D eigenvalue weighted by Gasteiger charge is 2.04. The van der Waals surface area contributed by atoms with E-state index in [2.05, 4.69) is 27.8 Å². The smallest absolute Gasteiger partial charge is 0.0744 e. The summed E-state index contributed by atoms with van der Waals surface area (Å²) in [6.07, 6.45) is 1.83. The molecule has 0 radical (unpaired) electrons. The molecule has 0 heterocycles. The van der Waals surface area contributed by atoms with Crippen LogP contribution in [0.2, 0.25) is 0 Å². The second-order valence-electron chi connectivity index (χ2n) is 2.87. The van der Waals surface area contributed by atoms with Gasteiger partial charge in [0.25, 0.3) is 0 Å². The lowest BCUT2D eigenvalue weighted by Crippen LogP contribution is -2.02. The van der Waals surface area contributed by atoms with Gasteiger partial charge in [-0.2, -0.15) is 0 Å². The topological polar surface area (TPSA) is 21.3 Å². The standard InChI is InChI=1S/C11H14BrNO/c1-3-7-13-11-6-4-5-10(12)9(11)8-14-2/h3-6,13H,1,7-8H2,2H3. The normalized spacial score (nSPS) is 9.86. The molecular weight excluding hydrogens is 242 g/mol. The van der Waals surface area contributed by atoms with Gasteiger partial charge in [-0.3, -0.25) is 0 Å². The molecule has 1 aromatic carbocycles. The summed E-state index contributed by atoms with van der Waals surface area (Å²) in [6.45, 7) is 5.02. The second kappa shape index (κ2) is 5.83. The first-order valence-corrected chi connectivity index (χ1v) is 5.20. The molecule has 0 saturated heterocycles. The summed E-state index contributed by atoms with van der Waals surface area (Å²) in [5.41, 5.74) is 2.22. The molecule has 14 heavy (non-hydrogen) atoms. The minimum absolute atomic E-state index is 0.598. The maximum absolute atomic E-state index is 5.13. The van der Waals surface area contributed by atoms with Crippen LogP contribution < -0.4 is 5.32 Å². The van der Waals surface area contributed by atoms with E-state index in [0.29, 0.717) is 6.61 Å². The Morgan fingerprint density at radius 1 is 1.57 bits per heavy atom. The minimum Gasteiger partial charge on any atom is -0.381 e. The molecule has 0 aliphatic rings. The highest BCUT2D eigenvalue weighted by molar-refractivity contribution is 9.10. The number of hydrogen-bond donors (Lipinski definition) is 1. The molecular formula is C11H14BrNO. The number of nitrogens with one attached hydrogen (secondary N) is 1. The third-order valence-corrected chi connectivity index (χ3v) is 2.59. The number of rotatable bonds is 5. The van der Waals surface area contributed by atoms with E-state index in [4.69, 9.17) is 4.74 Å². The molecule has 0 fully saturated rings. The van der Waals surface area contributed by atoms with Gasteiger partial charge >= 0.3 is 0 Å². The van der Waals surface area contributed by atoms with Crippen molar-refractivity contribution in [2.45, 2.75) is 6.61 Å². The van der Waals surface area contributed by atoms with Gasteiger partial charge in [0.05, 0.1) is 6.61 Å². The van der Waals surface area contributed by atoms with Gasteiger partial charge in [-0.1, -0.05) is 28.1 Å². The number of ether oxygens (including phenoxy) is 1. The molecule has 76 valence electrons. The molecule has 1 aromatic rings. The van der Waals surface area contributed by atoms with Gasteiger partial charge in [0.1, 0.15) is 0 Å². The molecule has 0 bridgehead atoms. The molecule has 0 atom stereocenters. The maximum atomic E-state index is 5.13. The molecule has 0 unspecified atom stereocenters. The van der Waals surface area contributed by atoms with E-state index < -0.39 is 0 Å². The van der Waals surface area contributed by atoms with Gasteiger partial charge in [-0.25, -0.2) is 0 Å². The van der Waals surface area contributed by atoms with Gasteiger partial charge in [0.2, 0.25) is 0 Å². The predicted octanol–water partition coefficient (Wildman–Crippen LogP) is 3.19. The zero-order valence-electron chi connectivity index (χ0n) is 8.22. The predicted molar refractivity (Wildman–Crippen MR) is 63.5 cm³/mol. The third kappa shape index (κ3) is 2.86. The Morgan fingerprint density at radius 3 is 3.00 bits per heavy atom. The van der Waals surface area contributed by atoms with Gasteiger partial charge in [-0.15, -0.1) is 6.58 Å². The fourth-order valence-corrected chi connectivity index (χ4v) is 1.68. The first-order valence-electron chi connectivity index (χ1n) is 4.40. The molecule has 3 heteroatoms. The number of halogens is 1. The quantitative estimate of drug-likeness (QED) is 0.817. The summed E-state index contributed by atoms with van der Waals surface area (Å²) >= 11 is 3.49. The van der Waals surface area contributed by atoms with Gasteiger partial charge < -0.3 is 10.1 Å². The molecule has 0 aliphatic heterocycles. The van der Waals surface area contributed by atoms with Crippen LogP contribution in [0.1, 0.15) is 5.56 Å². The Kier molecular flexibility index (Phi) is 4.70. The van der Waals surface area contributed by atoms with Crippen molar-refractivity contribution in [3.05, 3.63) is 40.9 Å². The maximum Gasteiger partial charge on any atom is 0.0744 e. The number of anilines is 1. The van der Waals surface area contributed by atoms with E-state index in [1.165, 1.54) is 0 Å². The average Bonchev–Trinajstić information content (AvgIpc) is 2.19. The van der Waals surface area contributed by atoms with Crippen molar-refractivity contribution in [3.63, 3.8) is 0 Å². The van der Waals surface area contributed by atoms with Crippen LogP contribution in [0.4, 0.5) is 5.69 Å².